The second-order valence-corrected chi connectivity index (χ2v) is 4.48. The summed E-state index contributed by atoms with van der Waals surface area (Å²) in [5.41, 5.74) is 3.51. The van der Waals surface area contributed by atoms with Gasteiger partial charge in [0.05, 0.1) is 0 Å². The van der Waals surface area contributed by atoms with Crippen molar-refractivity contribution >= 4 is 6.09 Å². The highest BCUT2D eigenvalue weighted by Crippen LogP contribution is 2.10. The van der Waals surface area contributed by atoms with E-state index < -0.39 is 6.09 Å². The van der Waals surface area contributed by atoms with Gasteiger partial charge in [-0.1, -0.05) is 18.2 Å². The number of aryl methyl sites for hydroxylation is 2. The largest absolute Gasteiger partial charge is 0.412 e. The normalized spacial score (nSPS) is 10.2. The van der Waals surface area contributed by atoms with E-state index in [-0.39, 0.29) is 0 Å². The Morgan fingerprint density at radius 3 is 2.63 bits per heavy atom. The van der Waals surface area contributed by atoms with Gasteiger partial charge in [0.2, 0.25) is 0 Å². The van der Waals surface area contributed by atoms with Crippen molar-refractivity contribution in [1.29, 1.82) is 0 Å². The highest BCUT2D eigenvalue weighted by Gasteiger charge is 2.05. The maximum Gasteiger partial charge on any atom is 0.412 e. The summed E-state index contributed by atoms with van der Waals surface area (Å²) < 4.78 is 5.13. The molecular formula is C15H18N2O2. The molecule has 0 fully saturated rings. The van der Waals surface area contributed by atoms with Crippen LogP contribution in [0.3, 0.4) is 0 Å². The maximum atomic E-state index is 11.6. The van der Waals surface area contributed by atoms with Gasteiger partial charge >= 0.3 is 6.09 Å². The average molecular weight is 258 g/mol. The van der Waals surface area contributed by atoms with Crippen molar-refractivity contribution in [3.63, 3.8) is 0 Å². The smallest absolute Gasteiger partial charge is 0.410 e. The summed E-state index contributed by atoms with van der Waals surface area (Å²) >= 11 is 0. The second kappa shape index (κ2) is 6.09. The van der Waals surface area contributed by atoms with Crippen molar-refractivity contribution in [2.75, 3.05) is 6.54 Å². The molecule has 19 heavy (non-hydrogen) atoms. The lowest BCUT2D eigenvalue weighted by Gasteiger charge is -2.06. The molecular weight excluding hydrogens is 240 g/mol. The quantitative estimate of drug-likeness (QED) is 0.885. The van der Waals surface area contributed by atoms with Gasteiger partial charge < -0.3 is 15.0 Å². The van der Waals surface area contributed by atoms with Crippen LogP contribution in [0, 0.1) is 13.8 Å². The van der Waals surface area contributed by atoms with E-state index in [9.17, 15) is 4.79 Å². The number of benzene rings is 1. The minimum absolute atomic E-state index is 0.420. The molecule has 4 nitrogen and oxygen atoms in total. The standard InChI is InChI=1S/C15H18N2O2/c1-11-10-13(12(2)17-11)8-9-16-15(18)19-14-6-4-3-5-7-14/h3-7,10,17H,8-9H2,1-2H3,(H,16,18). The van der Waals surface area contributed by atoms with E-state index in [1.54, 1.807) is 12.1 Å². The van der Waals surface area contributed by atoms with Crippen LogP contribution in [0.15, 0.2) is 36.4 Å². The van der Waals surface area contributed by atoms with Crippen LogP contribution in [-0.4, -0.2) is 17.6 Å². The van der Waals surface area contributed by atoms with Crippen LogP contribution >= 0.6 is 0 Å². The highest BCUT2D eigenvalue weighted by molar-refractivity contribution is 5.70. The summed E-state index contributed by atoms with van der Waals surface area (Å²) in [5.74, 6) is 0.550. The fraction of sp³-hybridized carbons (Fsp3) is 0.267. The number of ether oxygens (including phenoxy) is 1. The number of aromatic amines is 1. The number of carbonyl (C=O) groups excluding carboxylic acids is 1. The van der Waals surface area contributed by atoms with Crippen LogP contribution in [0.25, 0.3) is 0 Å². The number of H-pyrrole nitrogens is 1. The predicted molar refractivity (Wildman–Crippen MR) is 74.4 cm³/mol. The van der Waals surface area contributed by atoms with E-state index >= 15 is 0 Å². The van der Waals surface area contributed by atoms with Gasteiger partial charge in [-0.2, -0.15) is 0 Å². The topological polar surface area (TPSA) is 54.1 Å². The molecule has 2 rings (SSSR count). The third kappa shape index (κ3) is 3.88. The van der Waals surface area contributed by atoms with Crippen molar-refractivity contribution in [3.8, 4) is 5.75 Å². The molecule has 0 aliphatic carbocycles. The van der Waals surface area contributed by atoms with Gasteiger partial charge in [0.1, 0.15) is 5.75 Å². The van der Waals surface area contributed by atoms with Crippen molar-refractivity contribution in [2.45, 2.75) is 20.3 Å². The number of hydrogen-bond donors (Lipinski definition) is 2. The molecule has 1 amide bonds. The Labute approximate surface area is 112 Å². The molecule has 2 aromatic rings. The van der Waals surface area contributed by atoms with E-state index in [2.05, 4.69) is 16.4 Å². The lowest BCUT2D eigenvalue weighted by molar-refractivity contribution is 0.200. The number of carbonyl (C=O) groups is 1. The molecule has 1 aromatic heterocycles. The SMILES string of the molecule is Cc1cc(CCNC(=O)Oc2ccccc2)c(C)[nH]1. The summed E-state index contributed by atoms with van der Waals surface area (Å²) in [6.45, 7) is 4.61. The molecule has 4 heteroatoms. The summed E-state index contributed by atoms with van der Waals surface area (Å²) in [4.78, 5) is 14.8. The van der Waals surface area contributed by atoms with Gasteiger partial charge in [0.15, 0.2) is 0 Å². The minimum atomic E-state index is -0.420. The number of aromatic nitrogens is 1. The molecule has 1 heterocycles. The molecule has 0 unspecified atom stereocenters. The molecule has 0 saturated carbocycles. The van der Waals surface area contributed by atoms with Gasteiger partial charge in [0.25, 0.3) is 0 Å². The number of nitrogens with one attached hydrogen (secondary N) is 2. The first-order valence-corrected chi connectivity index (χ1v) is 6.31. The maximum absolute atomic E-state index is 11.6. The molecule has 0 spiro atoms. The van der Waals surface area contributed by atoms with E-state index in [1.807, 2.05) is 32.0 Å². The van der Waals surface area contributed by atoms with E-state index in [4.69, 9.17) is 4.74 Å². The zero-order valence-corrected chi connectivity index (χ0v) is 11.2. The van der Waals surface area contributed by atoms with Crippen molar-refractivity contribution in [1.82, 2.24) is 10.3 Å². The second-order valence-electron chi connectivity index (χ2n) is 4.48. The van der Waals surface area contributed by atoms with Crippen LogP contribution < -0.4 is 10.1 Å². The zero-order chi connectivity index (χ0) is 13.7. The fourth-order valence-electron chi connectivity index (χ4n) is 1.97. The number of rotatable bonds is 4. The van der Waals surface area contributed by atoms with E-state index in [0.29, 0.717) is 12.3 Å². The molecule has 100 valence electrons. The Balaban J connectivity index is 1.77. The van der Waals surface area contributed by atoms with Crippen molar-refractivity contribution in [3.05, 3.63) is 53.3 Å². The van der Waals surface area contributed by atoms with Gasteiger partial charge in [-0.05, 0) is 44.0 Å². The van der Waals surface area contributed by atoms with E-state index in [1.165, 1.54) is 5.56 Å². The zero-order valence-electron chi connectivity index (χ0n) is 11.2. The summed E-state index contributed by atoms with van der Waals surface area (Å²) in [5, 5.41) is 2.74. The molecule has 0 saturated heterocycles. The van der Waals surface area contributed by atoms with Crippen LogP contribution in [0.2, 0.25) is 0 Å². The Morgan fingerprint density at radius 2 is 2.00 bits per heavy atom. The first-order chi connectivity index (χ1) is 9.15. The van der Waals surface area contributed by atoms with Gasteiger partial charge in [-0.3, -0.25) is 0 Å². The Morgan fingerprint density at radius 1 is 1.26 bits per heavy atom. The first kappa shape index (κ1) is 13.2. The number of hydrogen-bond acceptors (Lipinski definition) is 2. The summed E-state index contributed by atoms with van der Waals surface area (Å²) in [6.07, 6.45) is 0.371. The molecule has 0 bridgehead atoms. The Kier molecular flexibility index (Phi) is 4.23. The van der Waals surface area contributed by atoms with Crippen LogP contribution in [0.1, 0.15) is 17.0 Å². The van der Waals surface area contributed by atoms with Gasteiger partial charge in [0, 0.05) is 17.9 Å². The Hall–Kier alpha value is -2.23. The van der Waals surface area contributed by atoms with Crippen molar-refractivity contribution in [2.24, 2.45) is 0 Å². The molecule has 0 atom stereocenters. The minimum Gasteiger partial charge on any atom is -0.410 e. The van der Waals surface area contributed by atoms with Gasteiger partial charge in [-0.15, -0.1) is 0 Å². The number of para-hydroxylation sites is 1. The highest BCUT2D eigenvalue weighted by atomic mass is 16.5. The van der Waals surface area contributed by atoms with Crippen LogP contribution in [0.5, 0.6) is 5.75 Å². The monoisotopic (exact) mass is 258 g/mol. The van der Waals surface area contributed by atoms with Crippen LogP contribution in [0.4, 0.5) is 4.79 Å². The first-order valence-electron chi connectivity index (χ1n) is 6.31. The third-order valence-electron chi connectivity index (χ3n) is 2.87. The van der Waals surface area contributed by atoms with E-state index in [0.717, 1.165) is 17.8 Å². The lowest BCUT2D eigenvalue weighted by Crippen LogP contribution is -2.28. The molecule has 2 N–H and O–H groups in total. The van der Waals surface area contributed by atoms with Crippen LogP contribution in [-0.2, 0) is 6.42 Å². The summed E-state index contributed by atoms with van der Waals surface area (Å²) in [6, 6.07) is 11.1. The number of amides is 1. The Bertz CT molecular complexity index is 547. The average Bonchev–Trinajstić information content (AvgIpc) is 2.69. The van der Waals surface area contributed by atoms with Crippen molar-refractivity contribution < 1.29 is 9.53 Å². The summed E-state index contributed by atoms with van der Waals surface area (Å²) in [7, 11) is 0. The lowest BCUT2D eigenvalue weighted by atomic mass is 10.2. The molecule has 0 radical (unpaired) electrons. The predicted octanol–water partition coefficient (Wildman–Crippen LogP) is 2.96. The fourth-order valence-corrected chi connectivity index (χ4v) is 1.97. The molecule has 1 aromatic carbocycles. The van der Waals surface area contributed by atoms with Gasteiger partial charge in [-0.25, -0.2) is 4.79 Å². The third-order valence-corrected chi connectivity index (χ3v) is 2.87. The molecule has 0 aliphatic heterocycles. The molecule has 0 aliphatic rings.